The van der Waals surface area contributed by atoms with E-state index in [9.17, 15) is 18.0 Å². The van der Waals surface area contributed by atoms with Gasteiger partial charge in [-0.25, -0.2) is 13.1 Å². The Morgan fingerprint density at radius 3 is 2.38 bits per heavy atom. The minimum Gasteiger partial charge on any atom is -0.351 e. The maximum absolute atomic E-state index is 12.0. The summed E-state index contributed by atoms with van der Waals surface area (Å²) in [4.78, 5) is 22.9. The molecule has 24 heavy (non-hydrogen) atoms. The van der Waals surface area contributed by atoms with Crippen LogP contribution in [0.15, 0.2) is 46.0 Å². The largest absolute Gasteiger partial charge is 0.351 e. The van der Waals surface area contributed by atoms with Crippen LogP contribution in [-0.4, -0.2) is 33.3 Å². The molecule has 2 amide bonds. The third kappa shape index (κ3) is 5.15. The summed E-state index contributed by atoms with van der Waals surface area (Å²) in [7, 11) is -3.52. The molecule has 0 saturated carbocycles. The van der Waals surface area contributed by atoms with Crippen molar-refractivity contribution in [3.05, 3.63) is 47.3 Å². The first-order valence-electron chi connectivity index (χ1n) is 7.07. The summed E-state index contributed by atoms with van der Waals surface area (Å²) in [6, 6.07) is 9.58. The highest BCUT2D eigenvalue weighted by Crippen LogP contribution is 2.14. The van der Waals surface area contributed by atoms with Gasteiger partial charge in [0.15, 0.2) is 0 Å². The van der Waals surface area contributed by atoms with Crippen molar-refractivity contribution in [2.24, 2.45) is 0 Å². The first-order valence-corrected chi connectivity index (χ1v) is 9.44. The van der Waals surface area contributed by atoms with Gasteiger partial charge in [-0.2, -0.15) is 0 Å². The Kier molecular flexibility index (Phi) is 6.07. The van der Waals surface area contributed by atoms with Gasteiger partial charge < -0.3 is 10.6 Å². The lowest BCUT2D eigenvalue weighted by Gasteiger charge is -2.08. The van der Waals surface area contributed by atoms with Gasteiger partial charge in [0.25, 0.3) is 5.91 Å². The number of carbonyl (C=O) groups is 2. The van der Waals surface area contributed by atoms with Gasteiger partial charge in [0.1, 0.15) is 4.21 Å². The molecular weight excluding hydrogens is 350 g/mol. The van der Waals surface area contributed by atoms with Crippen LogP contribution >= 0.6 is 11.3 Å². The standard InChI is InChI=1S/C15H17N3O4S2/c1-11(19)18-13-6-4-12(5-7-13)15(20)16-8-9-17-24(21,22)14-3-2-10-23-14/h2-7,10,17H,8-9H2,1H3,(H,16,20)(H,18,19). The van der Waals surface area contributed by atoms with Gasteiger partial charge in [-0.1, -0.05) is 6.07 Å². The number of hydrogen-bond acceptors (Lipinski definition) is 5. The number of thiophene rings is 1. The number of hydrogen-bond donors (Lipinski definition) is 3. The molecule has 7 nitrogen and oxygen atoms in total. The molecule has 0 spiro atoms. The van der Waals surface area contributed by atoms with Gasteiger partial charge in [-0.05, 0) is 35.7 Å². The highest BCUT2D eigenvalue weighted by molar-refractivity contribution is 7.91. The molecule has 1 heterocycles. The Hall–Kier alpha value is -2.23. The van der Waals surface area contributed by atoms with Crippen molar-refractivity contribution in [3.63, 3.8) is 0 Å². The fourth-order valence-corrected chi connectivity index (χ4v) is 3.93. The molecule has 0 atom stereocenters. The van der Waals surface area contributed by atoms with Crippen LogP contribution in [-0.2, 0) is 14.8 Å². The predicted molar refractivity (Wildman–Crippen MR) is 92.6 cm³/mol. The summed E-state index contributed by atoms with van der Waals surface area (Å²) in [5, 5.41) is 6.92. The number of carbonyl (C=O) groups excluding carboxylic acids is 2. The van der Waals surface area contributed by atoms with Crippen LogP contribution in [0.3, 0.4) is 0 Å². The minimum atomic E-state index is -3.52. The van der Waals surface area contributed by atoms with E-state index in [1.54, 1.807) is 35.7 Å². The van der Waals surface area contributed by atoms with Crippen LogP contribution in [0, 0.1) is 0 Å². The quantitative estimate of drug-likeness (QED) is 0.644. The molecule has 3 N–H and O–H groups in total. The van der Waals surface area contributed by atoms with Crippen LogP contribution in [0.4, 0.5) is 5.69 Å². The van der Waals surface area contributed by atoms with Crippen LogP contribution in [0.1, 0.15) is 17.3 Å². The number of benzene rings is 1. The average Bonchev–Trinajstić information content (AvgIpc) is 3.07. The van der Waals surface area contributed by atoms with Crippen molar-refractivity contribution in [1.29, 1.82) is 0 Å². The van der Waals surface area contributed by atoms with E-state index < -0.39 is 10.0 Å². The lowest BCUT2D eigenvalue weighted by atomic mass is 10.2. The van der Waals surface area contributed by atoms with E-state index in [0.29, 0.717) is 11.3 Å². The minimum absolute atomic E-state index is 0.0932. The van der Waals surface area contributed by atoms with Crippen molar-refractivity contribution in [2.45, 2.75) is 11.1 Å². The van der Waals surface area contributed by atoms with Crippen LogP contribution in [0.25, 0.3) is 0 Å². The number of nitrogens with one attached hydrogen (secondary N) is 3. The van der Waals surface area contributed by atoms with Gasteiger partial charge >= 0.3 is 0 Å². The summed E-state index contributed by atoms with van der Waals surface area (Å²) in [6.45, 7) is 1.66. The molecule has 1 aromatic heterocycles. The zero-order chi connectivity index (χ0) is 17.6. The summed E-state index contributed by atoms with van der Waals surface area (Å²) < 4.78 is 26.4. The van der Waals surface area contributed by atoms with Crippen LogP contribution in [0.5, 0.6) is 0 Å². The third-order valence-electron chi connectivity index (χ3n) is 2.93. The van der Waals surface area contributed by atoms with Gasteiger partial charge in [0.2, 0.25) is 15.9 Å². The number of amides is 2. The van der Waals surface area contributed by atoms with E-state index in [4.69, 9.17) is 0 Å². The lowest BCUT2D eigenvalue weighted by Crippen LogP contribution is -2.34. The van der Waals surface area contributed by atoms with E-state index >= 15 is 0 Å². The molecule has 2 rings (SSSR count). The van der Waals surface area contributed by atoms with Crippen LogP contribution in [0.2, 0.25) is 0 Å². The molecule has 128 valence electrons. The predicted octanol–water partition coefficient (Wildman–Crippen LogP) is 1.41. The second-order valence-electron chi connectivity index (χ2n) is 4.84. The van der Waals surface area contributed by atoms with Crippen molar-refractivity contribution in [3.8, 4) is 0 Å². The number of rotatable bonds is 7. The molecule has 2 aromatic rings. The van der Waals surface area contributed by atoms with Crippen molar-refractivity contribution in [1.82, 2.24) is 10.0 Å². The number of anilines is 1. The molecule has 0 aliphatic heterocycles. The Bertz CT molecular complexity index is 800. The van der Waals surface area contributed by atoms with E-state index in [1.807, 2.05) is 0 Å². The summed E-state index contributed by atoms with van der Waals surface area (Å²) in [6.07, 6.45) is 0. The van der Waals surface area contributed by atoms with Gasteiger partial charge in [-0.15, -0.1) is 11.3 Å². The van der Waals surface area contributed by atoms with Crippen molar-refractivity contribution < 1.29 is 18.0 Å². The lowest BCUT2D eigenvalue weighted by molar-refractivity contribution is -0.114. The zero-order valence-corrected chi connectivity index (χ0v) is 14.5. The smallest absolute Gasteiger partial charge is 0.251 e. The monoisotopic (exact) mass is 367 g/mol. The molecule has 0 bridgehead atoms. The highest BCUT2D eigenvalue weighted by atomic mass is 32.2. The highest BCUT2D eigenvalue weighted by Gasteiger charge is 2.14. The van der Waals surface area contributed by atoms with E-state index in [1.165, 1.54) is 13.0 Å². The second-order valence-corrected chi connectivity index (χ2v) is 7.79. The second kappa shape index (κ2) is 8.04. The molecule has 0 fully saturated rings. The molecule has 0 radical (unpaired) electrons. The molecule has 0 aliphatic rings. The van der Waals surface area contributed by atoms with E-state index in [2.05, 4.69) is 15.4 Å². The van der Waals surface area contributed by atoms with Crippen molar-refractivity contribution in [2.75, 3.05) is 18.4 Å². The topological polar surface area (TPSA) is 104 Å². The summed E-state index contributed by atoms with van der Waals surface area (Å²) in [5.74, 6) is -0.509. The van der Waals surface area contributed by atoms with Crippen LogP contribution < -0.4 is 15.4 Å². The Balaban J connectivity index is 1.80. The zero-order valence-electron chi connectivity index (χ0n) is 12.9. The van der Waals surface area contributed by atoms with Gasteiger partial charge in [-0.3, -0.25) is 9.59 Å². The Morgan fingerprint density at radius 1 is 1.08 bits per heavy atom. The Morgan fingerprint density at radius 2 is 1.79 bits per heavy atom. The third-order valence-corrected chi connectivity index (χ3v) is 5.79. The molecular formula is C15H17N3O4S2. The van der Waals surface area contributed by atoms with E-state index in [0.717, 1.165) is 11.3 Å². The molecule has 0 unspecified atom stereocenters. The average molecular weight is 367 g/mol. The van der Waals surface area contributed by atoms with Gasteiger partial charge in [0, 0.05) is 31.3 Å². The Labute approximate surface area is 144 Å². The molecule has 9 heteroatoms. The summed E-state index contributed by atoms with van der Waals surface area (Å²) in [5.41, 5.74) is 1.02. The summed E-state index contributed by atoms with van der Waals surface area (Å²) >= 11 is 1.13. The first kappa shape index (κ1) is 18.1. The first-order chi connectivity index (χ1) is 11.4. The molecule has 1 aromatic carbocycles. The maximum atomic E-state index is 12.0. The van der Waals surface area contributed by atoms with Crippen molar-refractivity contribution >= 4 is 38.9 Å². The fourth-order valence-electron chi connectivity index (χ4n) is 1.86. The normalized spacial score (nSPS) is 11.0. The molecule has 0 aliphatic carbocycles. The van der Waals surface area contributed by atoms with Gasteiger partial charge in [0.05, 0.1) is 0 Å². The molecule has 0 saturated heterocycles. The fraction of sp³-hybridized carbons (Fsp3) is 0.200. The number of sulfonamides is 1. The SMILES string of the molecule is CC(=O)Nc1ccc(C(=O)NCCNS(=O)(=O)c2cccs2)cc1. The van der Waals surface area contributed by atoms with E-state index in [-0.39, 0.29) is 29.1 Å². The maximum Gasteiger partial charge on any atom is 0.251 e.